The van der Waals surface area contributed by atoms with Crippen LogP contribution in [-0.4, -0.2) is 29.9 Å². The van der Waals surface area contributed by atoms with Crippen LogP contribution in [0.2, 0.25) is 0 Å². The van der Waals surface area contributed by atoms with Crippen molar-refractivity contribution in [3.05, 3.63) is 181 Å². The Kier molecular flexibility index (Phi) is 7.64. The topological polar surface area (TPSA) is 83.8 Å². The van der Waals surface area contributed by atoms with Crippen LogP contribution in [0.4, 0.5) is 34.1 Å². The van der Waals surface area contributed by atoms with Gasteiger partial charge < -0.3 is 9.80 Å². The fourth-order valence-corrected chi connectivity index (χ4v) is 8.74. The average Bonchev–Trinajstić information content (AvgIpc) is 3.24. The smallest absolute Gasteiger partial charge is 0.162 e. The largest absolute Gasteiger partial charge is 0.310 e. The van der Waals surface area contributed by atoms with Crippen LogP contribution in [-0.2, 0) is 10.8 Å². The summed E-state index contributed by atoms with van der Waals surface area (Å²) in [4.78, 5) is 31.5. The fraction of sp³-hybridized carbons (Fsp3) is 0.125. The van der Waals surface area contributed by atoms with Crippen LogP contribution in [0, 0.1) is 0 Å². The minimum Gasteiger partial charge on any atom is -0.310 e. The Hall–Kier alpha value is -7.06. The second-order valence-corrected chi connectivity index (χ2v) is 15.5. The van der Waals surface area contributed by atoms with Crippen LogP contribution >= 0.6 is 0 Å². The highest BCUT2D eigenvalue weighted by Crippen LogP contribution is 2.54. The Bertz CT molecular complexity index is 2490. The minimum atomic E-state index is -0.193. The zero-order chi connectivity index (χ0) is 38.0. The van der Waals surface area contributed by atoms with Crippen molar-refractivity contribution in [2.24, 2.45) is 0 Å². The molecule has 2 aromatic heterocycles. The number of hydrogen-bond donors (Lipinski definition) is 0. The lowest BCUT2D eigenvalue weighted by Gasteiger charge is -2.42. The molecule has 8 heteroatoms. The Morgan fingerprint density at radius 3 is 0.964 bits per heavy atom. The van der Waals surface area contributed by atoms with E-state index in [1.165, 1.54) is 22.3 Å². The molecule has 0 radical (unpaired) electrons. The van der Waals surface area contributed by atoms with E-state index in [1.807, 2.05) is 0 Å². The molecule has 0 saturated heterocycles. The molecule has 270 valence electrons. The summed E-state index contributed by atoms with van der Waals surface area (Å²) in [5, 5.41) is 0. The molecule has 8 nitrogen and oxygen atoms in total. The summed E-state index contributed by atoms with van der Waals surface area (Å²) in [5.74, 6) is 1.19. The summed E-state index contributed by atoms with van der Waals surface area (Å²) >= 11 is 0. The van der Waals surface area contributed by atoms with Crippen molar-refractivity contribution in [3.63, 3.8) is 0 Å². The molecule has 8 aromatic rings. The van der Waals surface area contributed by atoms with Crippen molar-refractivity contribution in [2.75, 3.05) is 9.80 Å². The zero-order valence-corrected chi connectivity index (χ0v) is 31.6. The Morgan fingerprint density at radius 1 is 0.357 bits per heavy atom. The van der Waals surface area contributed by atoms with Crippen LogP contribution in [0.3, 0.4) is 0 Å². The number of nitrogens with zero attached hydrogens (tertiary/aromatic N) is 8. The molecule has 0 N–H and O–H groups in total. The maximum absolute atomic E-state index is 4.63. The van der Waals surface area contributed by atoms with Gasteiger partial charge in [0.25, 0.3) is 0 Å². The van der Waals surface area contributed by atoms with E-state index in [2.05, 4.69) is 201 Å². The van der Waals surface area contributed by atoms with Crippen LogP contribution in [0.25, 0.3) is 33.9 Å². The third kappa shape index (κ3) is 5.28. The second kappa shape index (κ2) is 12.8. The fourth-order valence-electron chi connectivity index (χ4n) is 8.74. The molecule has 0 saturated carbocycles. The van der Waals surface area contributed by atoms with Crippen LogP contribution in [0.5, 0.6) is 0 Å². The quantitative estimate of drug-likeness (QED) is 0.173. The van der Waals surface area contributed by atoms with Gasteiger partial charge in [0.2, 0.25) is 0 Å². The first-order valence-corrected chi connectivity index (χ1v) is 18.8. The molecule has 4 heterocycles. The number of rotatable bonds is 5. The lowest BCUT2D eigenvalue weighted by Crippen LogP contribution is -2.30. The molecule has 0 aliphatic carbocycles. The van der Waals surface area contributed by atoms with Crippen LogP contribution in [0.15, 0.2) is 159 Å². The van der Waals surface area contributed by atoms with Gasteiger partial charge >= 0.3 is 0 Å². The van der Waals surface area contributed by atoms with E-state index in [4.69, 9.17) is 0 Å². The van der Waals surface area contributed by atoms with E-state index in [1.54, 1.807) is 25.3 Å². The highest BCUT2D eigenvalue weighted by Gasteiger charge is 2.38. The summed E-state index contributed by atoms with van der Waals surface area (Å²) in [6.45, 7) is 9.23. The van der Waals surface area contributed by atoms with Gasteiger partial charge in [-0.15, -0.1) is 0 Å². The van der Waals surface area contributed by atoms with E-state index in [-0.39, 0.29) is 10.8 Å². The Labute approximate surface area is 326 Å². The third-order valence-corrected chi connectivity index (χ3v) is 11.5. The number of fused-ring (bicyclic) bond motifs is 4. The first-order valence-electron chi connectivity index (χ1n) is 18.8. The summed E-state index contributed by atoms with van der Waals surface area (Å²) in [7, 11) is 0. The highest BCUT2D eigenvalue weighted by molar-refractivity contribution is 5.92. The van der Waals surface area contributed by atoms with Crippen LogP contribution < -0.4 is 9.80 Å². The number of anilines is 6. The van der Waals surface area contributed by atoms with E-state index < -0.39 is 0 Å². The van der Waals surface area contributed by atoms with Crippen molar-refractivity contribution in [2.45, 2.75) is 38.5 Å². The molecule has 10 rings (SSSR count). The molecule has 0 atom stereocenters. The van der Waals surface area contributed by atoms with Gasteiger partial charge in [-0.1, -0.05) is 100 Å². The average molecular weight is 727 g/mol. The van der Waals surface area contributed by atoms with Gasteiger partial charge in [-0.05, 0) is 94.0 Å². The first-order chi connectivity index (χ1) is 27.3. The van der Waals surface area contributed by atoms with E-state index in [0.29, 0.717) is 11.6 Å². The molecule has 6 aromatic carbocycles. The SMILES string of the molecule is CC1(C)c2ccccc2N(c2cc(-c3cc(-c4ncncn4)cc(N4c5ccccc5C(C)(C)c5ccccc54)c3)cc(-c3ncncn3)c2)c2ccccc21. The maximum atomic E-state index is 4.63. The van der Waals surface area contributed by atoms with E-state index in [9.17, 15) is 0 Å². The van der Waals surface area contributed by atoms with Gasteiger partial charge in [0.15, 0.2) is 11.6 Å². The van der Waals surface area contributed by atoms with Gasteiger partial charge in [0.05, 0.1) is 22.7 Å². The number of hydrogen-bond acceptors (Lipinski definition) is 8. The Balaban J connectivity index is 1.24. The molecular weight excluding hydrogens is 689 g/mol. The number of benzene rings is 6. The monoisotopic (exact) mass is 726 g/mol. The van der Waals surface area contributed by atoms with Gasteiger partial charge in [-0.2, -0.15) is 0 Å². The molecular formula is C48H38N8. The number of aromatic nitrogens is 6. The molecule has 0 fully saturated rings. The predicted octanol–water partition coefficient (Wildman–Crippen LogP) is 11.3. The van der Waals surface area contributed by atoms with Gasteiger partial charge in [0.1, 0.15) is 25.3 Å². The normalized spacial score (nSPS) is 14.6. The lowest BCUT2D eigenvalue weighted by molar-refractivity contribution is 0.631. The molecule has 2 aliphatic heterocycles. The molecule has 0 unspecified atom stereocenters. The van der Waals surface area contributed by atoms with Crippen molar-refractivity contribution < 1.29 is 0 Å². The van der Waals surface area contributed by atoms with E-state index in [0.717, 1.165) is 56.4 Å². The third-order valence-electron chi connectivity index (χ3n) is 11.5. The predicted molar refractivity (Wildman–Crippen MR) is 223 cm³/mol. The van der Waals surface area contributed by atoms with Gasteiger partial charge in [-0.25, -0.2) is 29.9 Å². The van der Waals surface area contributed by atoms with Crippen molar-refractivity contribution in [1.29, 1.82) is 0 Å². The summed E-state index contributed by atoms with van der Waals surface area (Å²) in [5.41, 5.74) is 14.9. The van der Waals surface area contributed by atoms with Gasteiger partial charge in [-0.3, -0.25) is 0 Å². The second-order valence-electron chi connectivity index (χ2n) is 15.5. The van der Waals surface area contributed by atoms with Crippen molar-refractivity contribution in [1.82, 2.24) is 29.9 Å². The van der Waals surface area contributed by atoms with E-state index >= 15 is 0 Å². The number of para-hydroxylation sites is 4. The van der Waals surface area contributed by atoms with Crippen molar-refractivity contribution in [3.8, 4) is 33.9 Å². The molecule has 0 bridgehead atoms. The van der Waals surface area contributed by atoms with Gasteiger partial charge in [0, 0.05) is 33.3 Å². The molecule has 56 heavy (non-hydrogen) atoms. The summed E-state index contributed by atoms with van der Waals surface area (Å²) < 4.78 is 0. The lowest BCUT2D eigenvalue weighted by atomic mass is 9.73. The molecule has 2 aliphatic rings. The Morgan fingerprint density at radius 2 is 0.643 bits per heavy atom. The molecule has 0 spiro atoms. The summed E-state index contributed by atoms with van der Waals surface area (Å²) in [6.07, 6.45) is 6.20. The standard InChI is InChI=1S/C48H38N8/c1-47(2)37-13-5-9-17-41(37)55(42-18-10-6-14-38(42)47)35-23-31(21-33(25-35)45-51-27-49-28-52-45)32-22-34(46-53-29-50-30-54-46)26-36(24-32)56-43-19-11-7-15-39(43)48(3,4)40-16-8-12-20-44(40)56/h5-30H,1-4H3. The first kappa shape index (κ1) is 33.5. The van der Waals surface area contributed by atoms with Crippen molar-refractivity contribution >= 4 is 34.1 Å². The molecule has 0 amide bonds. The summed E-state index contributed by atoms with van der Waals surface area (Å²) in [6, 6.07) is 48.1. The van der Waals surface area contributed by atoms with Crippen LogP contribution in [0.1, 0.15) is 49.9 Å². The minimum absolute atomic E-state index is 0.193. The maximum Gasteiger partial charge on any atom is 0.162 e. The highest BCUT2D eigenvalue weighted by atomic mass is 15.2. The zero-order valence-electron chi connectivity index (χ0n) is 31.6.